The van der Waals surface area contributed by atoms with Gasteiger partial charge in [0.05, 0.1) is 18.7 Å². The number of fused-ring (bicyclic) bond motifs is 1. The Morgan fingerprint density at radius 3 is 3.06 bits per heavy atom. The Morgan fingerprint density at radius 2 is 2.17 bits per heavy atom. The summed E-state index contributed by atoms with van der Waals surface area (Å²) in [6.45, 7) is 1.55. The van der Waals surface area contributed by atoms with E-state index in [2.05, 4.69) is 23.5 Å². The minimum absolute atomic E-state index is 0.746. The van der Waals surface area contributed by atoms with Crippen molar-refractivity contribution >= 4 is 0 Å². The molecule has 1 aliphatic heterocycles. The summed E-state index contributed by atoms with van der Waals surface area (Å²) in [5, 5.41) is 3.09. The Labute approximate surface area is 107 Å². The van der Waals surface area contributed by atoms with E-state index in [1.165, 1.54) is 5.56 Å². The summed E-state index contributed by atoms with van der Waals surface area (Å²) < 4.78 is 11.6. The lowest BCUT2D eigenvalue weighted by Gasteiger charge is -2.19. The van der Waals surface area contributed by atoms with Crippen LogP contribution in [0.15, 0.2) is 34.7 Å². The van der Waals surface area contributed by atoms with Crippen LogP contribution in [0.25, 0.3) is 11.3 Å². The second kappa shape index (κ2) is 4.86. The molecule has 18 heavy (non-hydrogen) atoms. The van der Waals surface area contributed by atoms with Gasteiger partial charge >= 0.3 is 0 Å². The molecule has 0 fully saturated rings. The zero-order valence-corrected chi connectivity index (χ0v) is 10.5. The molecule has 3 nitrogen and oxygen atoms in total. The fourth-order valence-electron chi connectivity index (χ4n) is 2.37. The van der Waals surface area contributed by atoms with Crippen LogP contribution in [0, 0.1) is 0 Å². The highest BCUT2D eigenvalue weighted by Crippen LogP contribution is 2.36. The molecule has 0 unspecified atom stereocenters. The van der Waals surface area contributed by atoms with Gasteiger partial charge in [0.25, 0.3) is 0 Å². The molecule has 1 aromatic carbocycles. The molecule has 0 amide bonds. The standard InChI is InChI=1S/C15H17NO2/c1-16-10-12-7-8-14(18-12)13-6-2-4-11-5-3-9-17-15(11)13/h2,4,6-8,16H,3,5,9-10H2,1H3. The predicted molar refractivity (Wildman–Crippen MR) is 70.7 cm³/mol. The third kappa shape index (κ3) is 2.02. The van der Waals surface area contributed by atoms with Crippen LogP contribution in [0.4, 0.5) is 0 Å². The molecular formula is C15H17NO2. The van der Waals surface area contributed by atoms with Crippen molar-refractivity contribution in [3.8, 4) is 17.1 Å². The van der Waals surface area contributed by atoms with Crippen molar-refractivity contribution in [1.82, 2.24) is 5.32 Å². The molecule has 0 saturated heterocycles. The minimum Gasteiger partial charge on any atom is -0.493 e. The lowest BCUT2D eigenvalue weighted by atomic mass is 10.0. The zero-order valence-electron chi connectivity index (χ0n) is 10.5. The molecule has 1 aliphatic rings. The fourth-order valence-corrected chi connectivity index (χ4v) is 2.37. The van der Waals surface area contributed by atoms with Crippen molar-refractivity contribution in [2.45, 2.75) is 19.4 Å². The number of hydrogen-bond donors (Lipinski definition) is 1. The first-order valence-corrected chi connectivity index (χ1v) is 6.37. The molecule has 0 radical (unpaired) electrons. The van der Waals surface area contributed by atoms with Gasteiger partial charge in [-0.1, -0.05) is 12.1 Å². The molecular weight excluding hydrogens is 226 g/mol. The van der Waals surface area contributed by atoms with Gasteiger partial charge in [-0.15, -0.1) is 0 Å². The van der Waals surface area contributed by atoms with E-state index in [4.69, 9.17) is 9.15 Å². The van der Waals surface area contributed by atoms with E-state index in [0.717, 1.165) is 48.8 Å². The van der Waals surface area contributed by atoms with Crippen LogP contribution in [0.2, 0.25) is 0 Å². The van der Waals surface area contributed by atoms with Crippen LogP contribution in [-0.4, -0.2) is 13.7 Å². The molecule has 0 aliphatic carbocycles. The Bertz CT molecular complexity index is 545. The van der Waals surface area contributed by atoms with Crippen molar-refractivity contribution < 1.29 is 9.15 Å². The highest BCUT2D eigenvalue weighted by molar-refractivity contribution is 5.68. The molecule has 0 spiro atoms. The third-order valence-corrected chi connectivity index (χ3v) is 3.21. The molecule has 0 bridgehead atoms. The third-order valence-electron chi connectivity index (χ3n) is 3.21. The summed E-state index contributed by atoms with van der Waals surface area (Å²) in [5.41, 5.74) is 2.35. The molecule has 3 rings (SSSR count). The van der Waals surface area contributed by atoms with E-state index >= 15 is 0 Å². The first-order valence-electron chi connectivity index (χ1n) is 6.37. The van der Waals surface area contributed by atoms with Crippen molar-refractivity contribution in [2.75, 3.05) is 13.7 Å². The number of rotatable bonds is 3. The van der Waals surface area contributed by atoms with E-state index < -0.39 is 0 Å². The van der Waals surface area contributed by atoms with Crippen molar-refractivity contribution in [2.24, 2.45) is 0 Å². The maximum atomic E-state index is 5.83. The Morgan fingerprint density at radius 1 is 1.22 bits per heavy atom. The fraction of sp³-hybridized carbons (Fsp3) is 0.333. The van der Waals surface area contributed by atoms with Crippen LogP contribution >= 0.6 is 0 Å². The second-order valence-corrected chi connectivity index (χ2v) is 4.54. The van der Waals surface area contributed by atoms with Crippen molar-refractivity contribution in [1.29, 1.82) is 0 Å². The number of aryl methyl sites for hydroxylation is 1. The summed E-state index contributed by atoms with van der Waals surface area (Å²) in [6.07, 6.45) is 2.19. The maximum absolute atomic E-state index is 5.83. The molecule has 3 heteroatoms. The van der Waals surface area contributed by atoms with Gasteiger partial charge in [-0.2, -0.15) is 0 Å². The van der Waals surface area contributed by atoms with Crippen LogP contribution in [0.3, 0.4) is 0 Å². The maximum Gasteiger partial charge on any atom is 0.138 e. The summed E-state index contributed by atoms with van der Waals surface area (Å²) in [7, 11) is 1.91. The number of hydrogen-bond acceptors (Lipinski definition) is 3. The number of ether oxygens (including phenoxy) is 1. The highest BCUT2D eigenvalue weighted by atomic mass is 16.5. The Kier molecular flexibility index (Phi) is 3.07. The molecule has 94 valence electrons. The average molecular weight is 243 g/mol. The van der Waals surface area contributed by atoms with Gasteiger partial charge in [-0.25, -0.2) is 0 Å². The minimum atomic E-state index is 0.746. The van der Waals surface area contributed by atoms with Gasteiger partial charge in [0.2, 0.25) is 0 Å². The second-order valence-electron chi connectivity index (χ2n) is 4.54. The van der Waals surface area contributed by atoms with Crippen molar-refractivity contribution in [3.63, 3.8) is 0 Å². The quantitative estimate of drug-likeness (QED) is 0.900. The predicted octanol–water partition coefficient (Wildman–Crippen LogP) is 2.99. The topological polar surface area (TPSA) is 34.4 Å². The molecule has 2 heterocycles. The van der Waals surface area contributed by atoms with Gasteiger partial charge in [-0.3, -0.25) is 0 Å². The van der Waals surface area contributed by atoms with Crippen LogP contribution in [-0.2, 0) is 13.0 Å². The SMILES string of the molecule is CNCc1ccc(-c2cccc3c2OCCC3)o1. The monoisotopic (exact) mass is 243 g/mol. The van der Waals surface area contributed by atoms with E-state index in [1.54, 1.807) is 0 Å². The van der Waals surface area contributed by atoms with Gasteiger partial charge in [-0.05, 0) is 43.7 Å². The number of para-hydroxylation sites is 1. The van der Waals surface area contributed by atoms with Gasteiger partial charge < -0.3 is 14.5 Å². The van der Waals surface area contributed by atoms with E-state index in [1.807, 2.05) is 19.2 Å². The van der Waals surface area contributed by atoms with Crippen LogP contribution < -0.4 is 10.1 Å². The first-order chi connectivity index (χ1) is 8.88. The molecule has 0 atom stereocenters. The lowest BCUT2D eigenvalue weighted by molar-refractivity contribution is 0.289. The number of benzene rings is 1. The van der Waals surface area contributed by atoms with E-state index in [9.17, 15) is 0 Å². The number of nitrogens with one attached hydrogen (secondary N) is 1. The molecule has 2 aromatic rings. The lowest BCUT2D eigenvalue weighted by Crippen LogP contribution is -2.09. The van der Waals surface area contributed by atoms with Gasteiger partial charge in [0.1, 0.15) is 17.3 Å². The first kappa shape index (κ1) is 11.4. The van der Waals surface area contributed by atoms with E-state index in [0.29, 0.717) is 0 Å². The summed E-state index contributed by atoms with van der Waals surface area (Å²) in [6, 6.07) is 10.3. The number of furan rings is 1. The van der Waals surface area contributed by atoms with Gasteiger partial charge in [0, 0.05) is 0 Å². The van der Waals surface area contributed by atoms with Crippen LogP contribution in [0.5, 0.6) is 5.75 Å². The summed E-state index contributed by atoms with van der Waals surface area (Å²) in [5.74, 6) is 2.83. The largest absolute Gasteiger partial charge is 0.493 e. The molecule has 0 saturated carbocycles. The normalized spacial score (nSPS) is 14.1. The average Bonchev–Trinajstić information content (AvgIpc) is 2.87. The molecule has 1 N–H and O–H groups in total. The summed E-state index contributed by atoms with van der Waals surface area (Å²) >= 11 is 0. The Balaban J connectivity index is 2.00. The Hall–Kier alpha value is -1.74. The highest BCUT2D eigenvalue weighted by Gasteiger charge is 2.17. The van der Waals surface area contributed by atoms with Crippen LogP contribution in [0.1, 0.15) is 17.7 Å². The summed E-state index contributed by atoms with van der Waals surface area (Å²) in [4.78, 5) is 0. The van der Waals surface area contributed by atoms with Crippen molar-refractivity contribution in [3.05, 3.63) is 41.7 Å². The van der Waals surface area contributed by atoms with Gasteiger partial charge in [0.15, 0.2) is 0 Å². The van der Waals surface area contributed by atoms with E-state index in [-0.39, 0.29) is 0 Å². The zero-order chi connectivity index (χ0) is 12.4. The molecule has 1 aromatic heterocycles. The smallest absolute Gasteiger partial charge is 0.138 e.